The molecule has 1 nitrogen and oxygen atoms in total. The molecule has 2 aromatic carbocycles. The van der Waals surface area contributed by atoms with Crippen LogP contribution in [-0.2, 0) is 12.8 Å². The van der Waals surface area contributed by atoms with Crippen molar-refractivity contribution in [1.29, 1.82) is 0 Å². The lowest BCUT2D eigenvalue weighted by Crippen LogP contribution is -1.95. The van der Waals surface area contributed by atoms with Crippen LogP contribution in [0.1, 0.15) is 11.1 Å². The first-order valence-electron chi connectivity index (χ1n) is 5.37. The van der Waals surface area contributed by atoms with E-state index in [4.69, 9.17) is 0 Å². The number of rotatable bonds is 3. The van der Waals surface area contributed by atoms with E-state index in [1.54, 1.807) is 12.1 Å². The molecule has 2 rings (SSSR count). The summed E-state index contributed by atoms with van der Waals surface area (Å²) >= 11 is 0. The maximum atomic E-state index is 13.4. The smallest absolute Gasteiger partial charge is 0.130 e. The molecule has 0 saturated heterocycles. The molecule has 0 saturated carbocycles. The van der Waals surface area contributed by atoms with E-state index >= 15 is 0 Å². The van der Waals surface area contributed by atoms with Gasteiger partial charge in [-0.1, -0.05) is 18.2 Å². The van der Waals surface area contributed by atoms with Crippen LogP contribution in [0.25, 0.3) is 0 Å². The van der Waals surface area contributed by atoms with Crippen LogP contribution in [0, 0.1) is 11.6 Å². The zero-order valence-corrected chi connectivity index (χ0v) is 9.16. The Bertz CT molecular complexity index is 486. The van der Waals surface area contributed by atoms with Crippen LogP contribution in [-0.4, -0.2) is 5.11 Å². The lowest BCUT2D eigenvalue weighted by molar-refractivity contribution is 0.458. The van der Waals surface area contributed by atoms with Crippen LogP contribution in [0.2, 0.25) is 0 Å². The van der Waals surface area contributed by atoms with Gasteiger partial charge in [0.2, 0.25) is 0 Å². The monoisotopic (exact) mass is 234 g/mol. The van der Waals surface area contributed by atoms with Crippen molar-refractivity contribution in [3.8, 4) is 5.75 Å². The van der Waals surface area contributed by atoms with Crippen molar-refractivity contribution in [2.75, 3.05) is 0 Å². The molecule has 0 unspecified atom stereocenters. The summed E-state index contributed by atoms with van der Waals surface area (Å²) in [5.41, 5.74) is 1.21. The van der Waals surface area contributed by atoms with Crippen molar-refractivity contribution in [3.63, 3.8) is 0 Å². The Balaban J connectivity index is 2.10. The summed E-state index contributed by atoms with van der Waals surface area (Å²) < 4.78 is 26.1. The molecule has 88 valence electrons. The Hall–Kier alpha value is -1.90. The van der Waals surface area contributed by atoms with Crippen molar-refractivity contribution in [2.24, 2.45) is 0 Å². The molecule has 0 spiro atoms. The van der Waals surface area contributed by atoms with Gasteiger partial charge in [-0.15, -0.1) is 0 Å². The third-order valence-electron chi connectivity index (χ3n) is 2.67. The molecule has 17 heavy (non-hydrogen) atoms. The molecule has 0 bridgehead atoms. The van der Waals surface area contributed by atoms with Crippen LogP contribution < -0.4 is 0 Å². The first-order valence-corrected chi connectivity index (χ1v) is 5.37. The highest BCUT2D eigenvalue weighted by Crippen LogP contribution is 2.21. The highest BCUT2D eigenvalue weighted by atomic mass is 19.1. The molecule has 0 heterocycles. The molecule has 3 heteroatoms. The number of hydrogen-bond acceptors (Lipinski definition) is 1. The second-order valence-electron chi connectivity index (χ2n) is 3.86. The molecule has 0 aromatic heterocycles. The van der Waals surface area contributed by atoms with E-state index in [9.17, 15) is 13.9 Å². The maximum Gasteiger partial charge on any atom is 0.130 e. The zero-order chi connectivity index (χ0) is 12.3. The van der Waals surface area contributed by atoms with Gasteiger partial charge >= 0.3 is 0 Å². The number of phenolic OH excluding ortho intramolecular Hbond substituents is 1. The number of halogens is 2. The summed E-state index contributed by atoms with van der Waals surface area (Å²) in [5, 5.41) is 9.51. The van der Waals surface area contributed by atoms with Crippen molar-refractivity contribution in [1.82, 2.24) is 0 Å². The first kappa shape index (κ1) is 11.6. The highest BCUT2D eigenvalue weighted by molar-refractivity contribution is 5.34. The fourth-order valence-electron chi connectivity index (χ4n) is 1.72. The Morgan fingerprint density at radius 3 is 2.24 bits per heavy atom. The zero-order valence-electron chi connectivity index (χ0n) is 9.16. The molecule has 0 aliphatic rings. The fourth-order valence-corrected chi connectivity index (χ4v) is 1.72. The van der Waals surface area contributed by atoms with E-state index in [2.05, 4.69) is 0 Å². The predicted molar refractivity (Wildman–Crippen MR) is 61.9 cm³/mol. The molecule has 0 aliphatic carbocycles. The van der Waals surface area contributed by atoms with Crippen molar-refractivity contribution >= 4 is 0 Å². The van der Waals surface area contributed by atoms with Gasteiger partial charge in [0.15, 0.2) is 0 Å². The van der Waals surface area contributed by atoms with Gasteiger partial charge in [-0.05, 0) is 42.7 Å². The van der Waals surface area contributed by atoms with Crippen molar-refractivity contribution < 1.29 is 13.9 Å². The molecular formula is C14H12F2O. The Morgan fingerprint density at radius 1 is 0.882 bits per heavy atom. The van der Waals surface area contributed by atoms with Crippen LogP contribution >= 0.6 is 0 Å². The van der Waals surface area contributed by atoms with E-state index in [0.717, 1.165) is 5.56 Å². The predicted octanol–water partition coefficient (Wildman–Crippen LogP) is 3.46. The second-order valence-corrected chi connectivity index (χ2v) is 3.86. The third-order valence-corrected chi connectivity index (χ3v) is 2.67. The normalized spacial score (nSPS) is 10.5. The minimum absolute atomic E-state index is 0.0351. The van der Waals surface area contributed by atoms with E-state index in [1.807, 2.05) is 0 Å². The minimum atomic E-state index is -0.410. The quantitative estimate of drug-likeness (QED) is 0.862. The molecule has 1 N–H and O–H groups in total. The topological polar surface area (TPSA) is 20.2 Å². The highest BCUT2D eigenvalue weighted by Gasteiger charge is 2.07. The van der Waals surface area contributed by atoms with Crippen molar-refractivity contribution in [3.05, 3.63) is 65.2 Å². The van der Waals surface area contributed by atoms with Crippen LogP contribution in [0.3, 0.4) is 0 Å². The molecule has 0 fully saturated rings. The number of phenols is 1. The van der Waals surface area contributed by atoms with Gasteiger partial charge in [0.25, 0.3) is 0 Å². The lowest BCUT2D eigenvalue weighted by atomic mass is 10.0. The summed E-state index contributed by atoms with van der Waals surface area (Å²) in [4.78, 5) is 0. The summed E-state index contributed by atoms with van der Waals surface area (Å²) in [6, 6.07) is 10.3. The van der Waals surface area contributed by atoms with Gasteiger partial charge in [0, 0.05) is 5.56 Å². The van der Waals surface area contributed by atoms with Crippen LogP contribution in [0.15, 0.2) is 42.5 Å². The average molecular weight is 234 g/mol. The molecule has 0 aliphatic heterocycles. The third kappa shape index (κ3) is 2.81. The molecule has 2 aromatic rings. The van der Waals surface area contributed by atoms with Gasteiger partial charge in [0.05, 0.1) is 0 Å². The van der Waals surface area contributed by atoms with Gasteiger partial charge in [-0.2, -0.15) is 0 Å². The standard InChI is InChI=1S/C14H12F2O/c15-11-7-4-10(5-8-11)6-9-12-13(16)2-1-3-14(12)17/h1-5,7-8,17H,6,9H2. The summed E-state index contributed by atoms with van der Waals surface area (Å²) in [5.74, 6) is -0.735. The average Bonchev–Trinajstić information content (AvgIpc) is 2.31. The number of aromatic hydroxyl groups is 1. The van der Waals surface area contributed by atoms with E-state index in [1.165, 1.54) is 30.3 Å². The lowest BCUT2D eigenvalue weighted by Gasteiger charge is -2.06. The molecule has 0 radical (unpaired) electrons. The Morgan fingerprint density at radius 2 is 1.59 bits per heavy atom. The summed E-state index contributed by atoms with van der Waals surface area (Å²) in [6.45, 7) is 0. The van der Waals surface area contributed by atoms with E-state index < -0.39 is 5.82 Å². The minimum Gasteiger partial charge on any atom is -0.508 e. The molecule has 0 atom stereocenters. The number of aryl methyl sites for hydroxylation is 1. The fraction of sp³-hybridized carbons (Fsp3) is 0.143. The number of benzene rings is 2. The first-order chi connectivity index (χ1) is 8.16. The maximum absolute atomic E-state index is 13.4. The van der Waals surface area contributed by atoms with Crippen molar-refractivity contribution in [2.45, 2.75) is 12.8 Å². The van der Waals surface area contributed by atoms with Gasteiger partial charge in [0.1, 0.15) is 17.4 Å². The van der Waals surface area contributed by atoms with Gasteiger partial charge < -0.3 is 5.11 Å². The second kappa shape index (κ2) is 4.95. The Labute approximate surface area is 98.3 Å². The molecular weight excluding hydrogens is 222 g/mol. The van der Waals surface area contributed by atoms with Crippen LogP contribution in [0.4, 0.5) is 8.78 Å². The largest absolute Gasteiger partial charge is 0.508 e. The Kier molecular flexibility index (Phi) is 3.38. The molecule has 0 amide bonds. The van der Waals surface area contributed by atoms with E-state index in [0.29, 0.717) is 18.4 Å². The number of hydrogen-bond donors (Lipinski definition) is 1. The van der Waals surface area contributed by atoms with E-state index in [-0.39, 0.29) is 11.6 Å². The van der Waals surface area contributed by atoms with Gasteiger partial charge in [-0.3, -0.25) is 0 Å². The SMILES string of the molecule is Oc1cccc(F)c1CCc1ccc(F)cc1. The summed E-state index contributed by atoms with van der Waals surface area (Å²) in [6.07, 6.45) is 0.957. The van der Waals surface area contributed by atoms with Crippen LogP contribution in [0.5, 0.6) is 5.75 Å². The summed E-state index contributed by atoms with van der Waals surface area (Å²) in [7, 11) is 0. The van der Waals surface area contributed by atoms with Gasteiger partial charge in [-0.25, -0.2) is 8.78 Å².